The average Bonchev–Trinajstić information content (AvgIpc) is 2.97. The number of nitrogens with zero attached hydrogens (tertiary/aromatic N) is 5. The summed E-state index contributed by atoms with van der Waals surface area (Å²) in [7, 11) is 0. The smallest absolute Gasteiger partial charge is 0.191 e. The average molecular weight is 266 g/mol. The fraction of sp³-hybridized carbons (Fsp3) is 0.545. The maximum absolute atomic E-state index is 5.66. The highest BCUT2D eigenvalue weighted by Gasteiger charge is 2.13. The molecule has 2 aromatic heterocycles. The first-order valence-corrected chi connectivity index (χ1v) is 6.93. The van der Waals surface area contributed by atoms with Crippen LogP contribution >= 0.6 is 11.8 Å². The first-order valence-electron chi connectivity index (χ1n) is 5.94. The summed E-state index contributed by atoms with van der Waals surface area (Å²) in [4.78, 5) is 4.01. The Morgan fingerprint density at radius 1 is 1.39 bits per heavy atom. The van der Waals surface area contributed by atoms with Crippen molar-refractivity contribution in [2.24, 2.45) is 5.73 Å². The van der Waals surface area contributed by atoms with E-state index in [4.69, 9.17) is 5.73 Å². The number of rotatable bonds is 6. The molecule has 0 aliphatic heterocycles. The molecule has 2 aromatic rings. The summed E-state index contributed by atoms with van der Waals surface area (Å²) in [5.74, 6) is 1.78. The normalized spacial score (nSPS) is 11.3. The lowest BCUT2D eigenvalue weighted by Gasteiger charge is -2.12. The van der Waals surface area contributed by atoms with Gasteiger partial charge >= 0.3 is 0 Å². The van der Waals surface area contributed by atoms with Gasteiger partial charge in [0.2, 0.25) is 0 Å². The molecule has 0 saturated carbocycles. The van der Waals surface area contributed by atoms with Crippen LogP contribution in [0, 0.1) is 0 Å². The van der Waals surface area contributed by atoms with Gasteiger partial charge in [-0.3, -0.25) is 0 Å². The second-order valence-electron chi connectivity index (χ2n) is 4.22. The Morgan fingerprint density at radius 2 is 2.22 bits per heavy atom. The molecular weight excluding hydrogens is 248 g/mol. The summed E-state index contributed by atoms with van der Waals surface area (Å²) < 4.78 is 4.14. The van der Waals surface area contributed by atoms with Gasteiger partial charge in [0, 0.05) is 30.7 Å². The van der Waals surface area contributed by atoms with Crippen molar-refractivity contribution in [1.82, 2.24) is 24.3 Å². The first-order chi connectivity index (χ1) is 8.72. The van der Waals surface area contributed by atoms with E-state index in [1.165, 1.54) is 0 Å². The van der Waals surface area contributed by atoms with Gasteiger partial charge in [0.25, 0.3) is 0 Å². The molecule has 0 saturated heterocycles. The molecule has 0 atom stereocenters. The lowest BCUT2D eigenvalue weighted by atomic mass is 10.4. The Morgan fingerprint density at radius 3 is 2.83 bits per heavy atom. The number of aromatic nitrogens is 5. The van der Waals surface area contributed by atoms with E-state index in [1.54, 1.807) is 18.0 Å². The summed E-state index contributed by atoms with van der Waals surface area (Å²) in [6.07, 6.45) is 5.56. The zero-order valence-corrected chi connectivity index (χ0v) is 11.5. The maximum Gasteiger partial charge on any atom is 0.191 e. The topological polar surface area (TPSA) is 74.6 Å². The van der Waals surface area contributed by atoms with Crippen LogP contribution in [-0.2, 0) is 13.1 Å². The predicted octanol–water partition coefficient (Wildman–Crippen LogP) is 1.31. The molecule has 0 aliphatic rings. The van der Waals surface area contributed by atoms with Crippen LogP contribution in [0.2, 0.25) is 0 Å². The number of hydrogen-bond donors (Lipinski definition) is 1. The van der Waals surface area contributed by atoms with E-state index in [0.717, 1.165) is 23.3 Å². The van der Waals surface area contributed by atoms with Crippen LogP contribution < -0.4 is 5.73 Å². The van der Waals surface area contributed by atoms with Crippen molar-refractivity contribution in [3.8, 4) is 0 Å². The molecule has 0 bridgehead atoms. The molecule has 18 heavy (non-hydrogen) atoms. The lowest BCUT2D eigenvalue weighted by molar-refractivity contribution is 0.526. The molecule has 0 amide bonds. The van der Waals surface area contributed by atoms with Crippen molar-refractivity contribution in [1.29, 1.82) is 0 Å². The third kappa shape index (κ3) is 2.91. The molecule has 0 unspecified atom stereocenters. The Hall–Kier alpha value is -1.34. The van der Waals surface area contributed by atoms with Gasteiger partial charge in [-0.2, -0.15) is 0 Å². The van der Waals surface area contributed by atoms with Crippen molar-refractivity contribution >= 4 is 11.8 Å². The number of nitrogens with two attached hydrogens (primary N) is 1. The van der Waals surface area contributed by atoms with Gasteiger partial charge in [-0.15, -0.1) is 10.2 Å². The molecule has 98 valence electrons. The quantitative estimate of drug-likeness (QED) is 0.798. The Bertz CT molecular complexity index is 476. The van der Waals surface area contributed by atoms with Gasteiger partial charge in [-0.25, -0.2) is 4.98 Å². The molecule has 2 N–H and O–H groups in total. The lowest BCUT2D eigenvalue weighted by Crippen LogP contribution is -2.11. The minimum atomic E-state index is 0.328. The number of imidazole rings is 1. The molecule has 2 heterocycles. The zero-order valence-electron chi connectivity index (χ0n) is 10.7. The molecule has 0 spiro atoms. The van der Waals surface area contributed by atoms with E-state index >= 15 is 0 Å². The predicted molar refractivity (Wildman–Crippen MR) is 71.2 cm³/mol. The second-order valence-corrected chi connectivity index (χ2v) is 5.28. The summed E-state index contributed by atoms with van der Waals surface area (Å²) >= 11 is 1.69. The van der Waals surface area contributed by atoms with Crippen molar-refractivity contribution in [2.45, 2.75) is 38.1 Å². The first kappa shape index (κ1) is 13.1. The van der Waals surface area contributed by atoms with Crippen LogP contribution in [0.5, 0.6) is 0 Å². The molecular formula is C11H18N6S. The molecule has 2 rings (SSSR count). The van der Waals surface area contributed by atoms with E-state index < -0.39 is 0 Å². The molecule has 0 fully saturated rings. The summed E-state index contributed by atoms with van der Waals surface area (Å²) in [6.45, 7) is 5.56. The number of thioether (sulfide) groups is 1. The number of hydrogen-bond acceptors (Lipinski definition) is 5. The fourth-order valence-corrected chi connectivity index (χ4v) is 2.76. The van der Waals surface area contributed by atoms with E-state index in [9.17, 15) is 0 Å². The third-order valence-corrected chi connectivity index (χ3v) is 3.50. The standard InChI is InChI=1S/C11H18N6S/c1-9(2)17-10(7-12)14-15-11(17)18-6-5-16-4-3-13-8-16/h3-4,8-9H,5-7,12H2,1-2H3. The zero-order chi connectivity index (χ0) is 13.0. The molecule has 0 aliphatic carbocycles. The van der Waals surface area contributed by atoms with Crippen LogP contribution in [0.3, 0.4) is 0 Å². The van der Waals surface area contributed by atoms with Gasteiger partial charge < -0.3 is 14.9 Å². The van der Waals surface area contributed by atoms with Crippen molar-refractivity contribution in [3.05, 3.63) is 24.5 Å². The molecule has 0 aromatic carbocycles. The minimum absolute atomic E-state index is 0.328. The Balaban J connectivity index is 1.98. The summed E-state index contributed by atoms with van der Waals surface area (Å²) in [5.41, 5.74) is 5.66. The van der Waals surface area contributed by atoms with E-state index in [1.807, 2.05) is 17.1 Å². The minimum Gasteiger partial charge on any atom is -0.337 e. The van der Waals surface area contributed by atoms with Gasteiger partial charge in [0.05, 0.1) is 12.9 Å². The summed E-state index contributed by atoms with van der Waals surface area (Å²) in [6, 6.07) is 0.328. The van der Waals surface area contributed by atoms with E-state index in [2.05, 4.69) is 33.6 Å². The van der Waals surface area contributed by atoms with E-state index in [0.29, 0.717) is 12.6 Å². The number of aryl methyl sites for hydroxylation is 1. The highest BCUT2D eigenvalue weighted by molar-refractivity contribution is 7.99. The Kier molecular flexibility index (Phi) is 4.38. The molecule has 6 nitrogen and oxygen atoms in total. The van der Waals surface area contributed by atoms with Crippen LogP contribution in [0.25, 0.3) is 0 Å². The van der Waals surface area contributed by atoms with Crippen molar-refractivity contribution in [2.75, 3.05) is 5.75 Å². The van der Waals surface area contributed by atoms with Crippen LogP contribution in [0.4, 0.5) is 0 Å². The van der Waals surface area contributed by atoms with Crippen LogP contribution in [-0.4, -0.2) is 30.1 Å². The highest BCUT2D eigenvalue weighted by Crippen LogP contribution is 2.21. The summed E-state index contributed by atoms with van der Waals surface area (Å²) in [5, 5.41) is 9.25. The van der Waals surface area contributed by atoms with Crippen LogP contribution in [0.1, 0.15) is 25.7 Å². The third-order valence-electron chi connectivity index (χ3n) is 2.57. The SMILES string of the molecule is CC(C)n1c(CN)nnc1SCCn1ccnc1. The Labute approximate surface area is 111 Å². The van der Waals surface area contributed by atoms with E-state index in [-0.39, 0.29) is 0 Å². The largest absolute Gasteiger partial charge is 0.337 e. The van der Waals surface area contributed by atoms with Gasteiger partial charge in [0.1, 0.15) is 5.82 Å². The monoisotopic (exact) mass is 266 g/mol. The molecule has 0 radical (unpaired) electrons. The van der Waals surface area contributed by atoms with Gasteiger partial charge in [-0.1, -0.05) is 11.8 Å². The molecule has 7 heteroatoms. The van der Waals surface area contributed by atoms with Crippen molar-refractivity contribution in [3.63, 3.8) is 0 Å². The van der Waals surface area contributed by atoms with Crippen LogP contribution in [0.15, 0.2) is 23.9 Å². The maximum atomic E-state index is 5.66. The van der Waals surface area contributed by atoms with Gasteiger partial charge in [-0.05, 0) is 13.8 Å². The second kappa shape index (κ2) is 6.01. The fourth-order valence-electron chi connectivity index (χ4n) is 1.73. The van der Waals surface area contributed by atoms with Gasteiger partial charge in [0.15, 0.2) is 5.16 Å². The highest BCUT2D eigenvalue weighted by atomic mass is 32.2. The van der Waals surface area contributed by atoms with Crippen molar-refractivity contribution < 1.29 is 0 Å².